The third-order valence-corrected chi connectivity index (χ3v) is 3.29. The topological polar surface area (TPSA) is 18.5 Å². The van der Waals surface area contributed by atoms with Gasteiger partial charge < -0.3 is 9.47 Å². The van der Waals surface area contributed by atoms with Crippen LogP contribution in [-0.2, 0) is 12.8 Å². The summed E-state index contributed by atoms with van der Waals surface area (Å²) in [6.07, 6.45) is 3.96. The molecule has 2 heteroatoms. The Balaban J connectivity index is 0.000000133. The fourth-order valence-corrected chi connectivity index (χ4v) is 2.36. The van der Waals surface area contributed by atoms with Gasteiger partial charge in [0.25, 0.3) is 0 Å². The standard InChI is InChI=1S/C9H10.C7H6O2.CH4/c1-2-5-9-7-3-6-8(9)4-1;1-2-4-7-6(3-1)8-5-9-7;/h1-2,4-5H,3,6-7H2;1-4H,5H2;1H4. The fourth-order valence-electron chi connectivity index (χ4n) is 2.36. The SMILES string of the molecule is C.c1ccc2c(c1)CCC2.c1ccc2c(c1)OCO2. The molecule has 0 spiro atoms. The van der Waals surface area contributed by atoms with Crippen molar-refractivity contribution in [3.8, 4) is 11.5 Å². The van der Waals surface area contributed by atoms with E-state index in [0.717, 1.165) is 11.5 Å². The second-order valence-corrected chi connectivity index (χ2v) is 4.48. The maximum atomic E-state index is 5.08. The van der Waals surface area contributed by atoms with Crippen molar-refractivity contribution in [1.82, 2.24) is 0 Å². The summed E-state index contributed by atoms with van der Waals surface area (Å²) in [6.45, 7) is 0.360. The molecule has 0 fully saturated rings. The van der Waals surface area contributed by atoms with Gasteiger partial charge in [-0.1, -0.05) is 43.8 Å². The molecule has 0 bridgehead atoms. The molecule has 1 aliphatic carbocycles. The van der Waals surface area contributed by atoms with Crippen LogP contribution in [0, 0.1) is 0 Å². The van der Waals surface area contributed by atoms with E-state index in [1.54, 1.807) is 11.1 Å². The van der Waals surface area contributed by atoms with Crippen LogP contribution in [0.1, 0.15) is 25.0 Å². The molecule has 0 saturated carbocycles. The van der Waals surface area contributed by atoms with Crippen LogP contribution < -0.4 is 9.47 Å². The number of benzene rings is 2. The molecule has 2 aromatic rings. The summed E-state index contributed by atoms with van der Waals surface area (Å²) in [6, 6.07) is 16.4. The lowest BCUT2D eigenvalue weighted by Gasteiger charge is -1.93. The van der Waals surface area contributed by atoms with E-state index in [-0.39, 0.29) is 7.43 Å². The van der Waals surface area contributed by atoms with Crippen molar-refractivity contribution in [2.75, 3.05) is 6.79 Å². The lowest BCUT2D eigenvalue weighted by Crippen LogP contribution is -1.92. The number of aryl methyl sites for hydroxylation is 2. The first-order valence-electron chi connectivity index (χ1n) is 6.35. The van der Waals surface area contributed by atoms with Crippen LogP contribution >= 0.6 is 0 Å². The number of ether oxygens (including phenoxy) is 2. The average Bonchev–Trinajstić information content (AvgIpc) is 3.08. The van der Waals surface area contributed by atoms with Crippen molar-refractivity contribution in [1.29, 1.82) is 0 Å². The average molecular weight is 256 g/mol. The molecule has 0 aromatic heterocycles. The van der Waals surface area contributed by atoms with E-state index in [4.69, 9.17) is 9.47 Å². The van der Waals surface area contributed by atoms with Crippen molar-refractivity contribution in [2.24, 2.45) is 0 Å². The largest absolute Gasteiger partial charge is 0.454 e. The van der Waals surface area contributed by atoms with Gasteiger partial charge in [0.1, 0.15) is 0 Å². The maximum Gasteiger partial charge on any atom is 0.231 e. The van der Waals surface area contributed by atoms with Gasteiger partial charge in [0, 0.05) is 0 Å². The molecular weight excluding hydrogens is 236 g/mol. The van der Waals surface area contributed by atoms with E-state index in [1.807, 2.05) is 24.3 Å². The van der Waals surface area contributed by atoms with Gasteiger partial charge in [0.2, 0.25) is 6.79 Å². The minimum Gasteiger partial charge on any atom is -0.454 e. The number of para-hydroxylation sites is 2. The highest BCUT2D eigenvalue weighted by Gasteiger charge is 2.09. The Labute approximate surface area is 115 Å². The predicted molar refractivity (Wildman–Crippen MR) is 77.8 cm³/mol. The molecule has 2 aromatic carbocycles. The first-order chi connectivity index (χ1) is 8.93. The van der Waals surface area contributed by atoms with Gasteiger partial charge in [-0.2, -0.15) is 0 Å². The molecular formula is C17H20O2. The van der Waals surface area contributed by atoms with Gasteiger partial charge in [0.05, 0.1) is 0 Å². The second-order valence-electron chi connectivity index (χ2n) is 4.48. The van der Waals surface area contributed by atoms with E-state index in [1.165, 1.54) is 19.3 Å². The van der Waals surface area contributed by atoms with Gasteiger partial charge in [-0.25, -0.2) is 0 Å². The van der Waals surface area contributed by atoms with Gasteiger partial charge in [0.15, 0.2) is 11.5 Å². The zero-order valence-corrected chi connectivity index (χ0v) is 10.3. The highest BCUT2D eigenvalue weighted by molar-refractivity contribution is 5.40. The molecule has 0 unspecified atom stereocenters. The molecule has 0 N–H and O–H groups in total. The summed E-state index contributed by atoms with van der Waals surface area (Å²) < 4.78 is 10.2. The molecule has 2 aliphatic rings. The van der Waals surface area contributed by atoms with Crippen molar-refractivity contribution < 1.29 is 9.47 Å². The number of fused-ring (bicyclic) bond motifs is 2. The Morgan fingerprint density at radius 1 is 0.684 bits per heavy atom. The molecule has 0 atom stereocenters. The predicted octanol–water partition coefficient (Wildman–Crippen LogP) is 4.23. The molecule has 19 heavy (non-hydrogen) atoms. The molecule has 1 aliphatic heterocycles. The Morgan fingerprint density at radius 2 is 1.16 bits per heavy atom. The van der Waals surface area contributed by atoms with Crippen LogP contribution in [0.15, 0.2) is 48.5 Å². The minimum atomic E-state index is 0. The summed E-state index contributed by atoms with van der Waals surface area (Å²) in [7, 11) is 0. The third kappa shape index (κ3) is 3.08. The maximum absolute atomic E-state index is 5.08. The minimum absolute atomic E-state index is 0. The lowest BCUT2D eigenvalue weighted by atomic mass is 10.1. The molecule has 0 amide bonds. The van der Waals surface area contributed by atoms with Crippen LogP contribution in [0.2, 0.25) is 0 Å². The van der Waals surface area contributed by atoms with Gasteiger partial charge in [-0.05, 0) is 42.5 Å². The Hall–Kier alpha value is -1.96. The summed E-state index contributed by atoms with van der Waals surface area (Å²) in [4.78, 5) is 0. The van der Waals surface area contributed by atoms with Crippen molar-refractivity contribution in [3.63, 3.8) is 0 Å². The summed E-state index contributed by atoms with van der Waals surface area (Å²) in [5, 5.41) is 0. The van der Waals surface area contributed by atoms with Gasteiger partial charge in [-0.3, -0.25) is 0 Å². The first-order valence-corrected chi connectivity index (χ1v) is 6.35. The molecule has 0 saturated heterocycles. The van der Waals surface area contributed by atoms with E-state index in [9.17, 15) is 0 Å². The zero-order valence-electron chi connectivity index (χ0n) is 10.3. The Kier molecular flexibility index (Phi) is 4.45. The van der Waals surface area contributed by atoms with Crippen molar-refractivity contribution in [2.45, 2.75) is 26.7 Å². The second kappa shape index (κ2) is 6.28. The molecule has 2 nitrogen and oxygen atoms in total. The number of hydrogen-bond acceptors (Lipinski definition) is 2. The number of hydrogen-bond donors (Lipinski definition) is 0. The number of rotatable bonds is 0. The molecule has 0 radical (unpaired) electrons. The van der Waals surface area contributed by atoms with Crippen LogP contribution in [0.3, 0.4) is 0 Å². The highest BCUT2D eigenvalue weighted by atomic mass is 16.7. The van der Waals surface area contributed by atoms with E-state index < -0.39 is 0 Å². The smallest absolute Gasteiger partial charge is 0.231 e. The van der Waals surface area contributed by atoms with Crippen molar-refractivity contribution in [3.05, 3.63) is 59.7 Å². The van der Waals surface area contributed by atoms with Crippen LogP contribution in [0.4, 0.5) is 0 Å². The normalized spacial score (nSPS) is 13.9. The van der Waals surface area contributed by atoms with Gasteiger partial charge >= 0.3 is 0 Å². The van der Waals surface area contributed by atoms with Crippen LogP contribution in [-0.4, -0.2) is 6.79 Å². The summed E-state index contributed by atoms with van der Waals surface area (Å²) in [5.74, 6) is 1.69. The summed E-state index contributed by atoms with van der Waals surface area (Å²) >= 11 is 0. The molecule has 100 valence electrons. The Bertz CT molecular complexity index is 439. The molecule has 4 rings (SSSR count). The van der Waals surface area contributed by atoms with Crippen LogP contribution in [0.5, 0.6) is 11.5 Å². The van der Waals surface area contributed by atoms with E-state index in [0.29, 0.717) is 6.79 Å². The van der Waals surface area contributed by atoms with Gasteiger partial charge in [-0.15, -0.1) is 0 Å². The third-order valence-electron chi connectivity index (χ3n) is 3.29. The zero-order chi connectivity index (χ0) is 12.2. The Morgan fingerprint density at radius 3 is 1.68 bits per heavy atom. The van der Waals surface area contributed by atoms with Crippen LogP contribution in [0.25, 0.3) is 0 Å². The lowest BCUT2D eigenvalue weighted by molar-refractivity contribution is 0.174. The van der Waals surface area contributed by atoms with E-state index >= 15 is 0 Å². The highest BCUT2D eigenvalue weighted by Crippen LogP contribution is 2.30. The van der Waals surface area contributed by atoms with E-state index in [2.05, 4.69) is 24.3 Å². The van der Waals surface area contributed by atoms with Crippen molar-refractivity contribution >= 4 is 0 Å². The molecule has 1 heterocycles. The first kappa shape index (κ1) is 13.5. The summed E-state index contributed by atoms with van der Waals surface area (Å²) in [5.41, 5.74) is 3.13. The quantitative estimate of drug-likeness (QED) is 0.702. The monoisotopic (exact) mass is 256 g/mol. The fraction of sp³-hybridized carbons (Fsp3) is 0.294.